The van der Waals surface area contributed by atoms with Gasteiger partial charge in [-0.25, -0.2) is 9.37 Å². The van der Waals surface area contributed by atoms with Crippen LogP contribution in [-0.2, 0) is 11.2 Å². The Balaban J connectivity index is 1.33. The number of carbonyl (C=O) groups is 3. The van der Waals surface area contributed by atoms with Crippen LogP contribution in [0.3, 0.4) is 0 Å². The molecular weight excluding hydrogens is 429 g/mol. The Kier molecular flexibility index (Phi) is 5.47. The summed E-state index contributed by atoms with van der Waals surface area (Å²) in [4.78, 5) is 43.0. The lowest BCUT2D eigenvalue weighted by Crippen LogP contribution is -2.32. The maximum absolute atomic E-state index is 14.5. The van der Waals surface area contributed by atoms with Crippen molar-refractivity contribution in [1.82, 2.24) is 10.3 Å². The highest BCUT2D eigenvalue weighted by Crippen LogP contribution is 2.33. The molecule has 1 aromatic heterocycles. The fraction of sp³-hybridized carbons (Fsp3) is 0.417. The summed E-state index contributed by atoms with van der Waals surface area (Å²) in [5, 5.41) is 2.56. The van der Waals surface area contributed by atoms with Crippen molar-refractivity contribution in [2.45, 2.75) is 38.2 Å². The second-order valence-electron chi connectivity index (χ2n) is 8.62. The minimum Gasteiger partial charge on any atom is -0.479 e. The fourth-order valence-electron chi connectivity index (χ4n) is 4.23. The number of amides is 2. The molecule has 1 N–H and O–H groups in total. The Morgan fingerprint density at radius 2 is 2.03 bits per heavy atom. The van der Waals surface area contributed by atoms with E-state index in [0.29, 0.717) is 48.7 Å². The van der Waals surface area contributed by atoms with Gasteiger partial charge in [0.25, 0.3) is 11.8 Å². The number of anilines is 1. The number of hydrogen-bond acceptors (Lipinski definition) is 6. The summed E-state index contributed by atoms with van der Waals surface area (Å²) in [6.45, 7) is 0.835. The molecule has 1 saturated carbocycles. The first-order chi connectivity index (χ1) is 15.9. The molecule has 2 aliphatic carbocycles. The molecule has 1 atom stereocenters. The van der Waals surface area contributed by atoms with Crippen molar-refractivity contribution >= 4 is 23.3 Å². The van der Waals surface area contributed by atoms with E-state index in [1.54, 1.807) is 6.07 Å². The van der Waals surface area contributed by atoms with Gasteiger partial charge in [0.2, 0.25) is 5.88 Å². The third-order valence-corrected chi connectivity index (χ3v) is 6.28. The van der Waals surface area contributed by atoms with Crippen molar-refractivity contribution in [3.05, 3.63) is 46.9 Å². The molecule has 8 nitrogen and oxygen atoms in total. The van der Waals surface area contributed by atoms with Crippen LogP contribution in [0.25, 0.3) is 0 Å². The summed E-state index contributed by atoms with van der Waals surface area (Å²) < 4.78 is 26.0. The number of nitrogens with one attached hydrogen (secondary N) is 1. The van der Waals surface area contributed by atoms with Crippen LogP contribution < -0.4 is 19.7 Å². The zero-order valence-corrected chi connectivity index (χ0v) is 18.2. The number of fused-ring (bicyclic) bond motifs is 1. The minimum absolute atomic E-state index is 0.109. The Morgan fingerprint density at radius 1 is 1.21 bits per heavy atom. The van der Waals surface area contributed by atoms with E-state index in [0.717, 1.165) is 12.8 Å². The van der Waals surface area contributed by atoms with Gasteiger partial charge < -0.3 is 19.7 Å². The van der Waals surface area contributed by atoms with Gasteiger partial charge in [-0.15, -0.1) is 0 Å². The number of nitrogens with zero attached hydrogens (tertiary/aromatic N) is 2. The molecule has 2 fully saturated rings. The summed E-state index contributed by atoms with van der Waals surface area (Å²) in [6.07, 6.45) is 3.89. The molecule has 0 bridgehead atoms. The molecule has 172 valence electrons. The van der Waals surface area contributed by atoms with Crippen LogP contribution in [0.15, 0.2) is 24.4 Å². The van der Waals surface area contributed by atoms with E-state index in [9.17, 15) is 18.8 Å². The zero-order chi connectivity index (χ0) is 23.1. The number of carbonyl (C=O) groups excluding carboxylic acids is 3. The average molecular weight is 453 g/mol. The third kappa shape index (κ3) is 4.15. The molecule has 1 aliphatic heterocycles. The summed E-state index contributed by atoms with van der Waals surface area (Å²) in [6, 6.07) is 4.40. The number of hydrogen-bond donors (Lipinski definition) is 1. The smallest absolute Gasteiger partial charge is 0.268 e. The summed E-state index contributed by atoms with van der Waals surface area (Å²) in [7, 11) is 1.51. The van der Waals surface area contributed by atoms with Gasteiger partial charge >= 0.3 is 0 Å². The lowest BCUT2D eigenvalue weighted by molar-refractivity contribution is -0.122. The molecule has 0 radical (unpaired) electrons. The number of ether oxygens (including phenoxy) is 2. The first-order valence-electron chi connectivity index (χ1n) is 11.1. The third-order valence-electron chi connectivity index (χ3n) is 6.28. The van der Waals surface area contributed by atoms with E-state index in [1.807, 2.05) is 0 Å². The molecule has 9 heteroatoms. The molecule has 2 aromatic rings. The van der Waals surface area contributed by atoms with Crippen molar-refractivity contribution in [3.63, 3.8) is 0 Å². The van der Waals surface area contributed by atoms with Gasteiger partial charge in [-0.1, -0.05) is 0 Å². The van der Waals surface area contributed by atoms with Crippen molar-refractivity contribution in [2.75, 3.05) is 25.1 Å². The summed E-state index contributed by atoms with van der Waals surface area (Å²) in [5.41, 5.74) is 1.35. The van der Waals surface area contributed by atoms with Crippen molar-refractivity contribution in [3.8, 4) is 11.6 Å². The lowest BCUT2D eigenvalue weighted by Gasteiger charge is -2.19. The lowest BCUT2D eigenvalue weighted by atomic mass is 10.1. The number of ketones is 1. The number of pyridine rings is 1. The molecule has 0 unspecified atom stereocenters. The topological polar surface area (TPSA) is 97.8 Å². The standard InChI is InChI=1S/C24H24FN3O5/c1-26-22(30)18-10-15(11-27-23(18)32-12-13-2-3-13)33-21-6-7-28(24(21)31)14-8-17-16(19(25)9-14)4-5-20(17)29/h8-11,13,21H,2-7,12H2,1H3,(H,26,30)/t21-/m1/s1. The van der Waals surface area contributed by atoms with Crippen LogP contribution in [0.1, 0.15) is 52.0 Å². The first kappa shape index (κ1) is 21.4. The molecule has 0 spiro atoms. The van der Waals surface area contributed by atoms with E-state index in [-0.39, 0.29) is 41.2 Å². The number of rotatable bonds is 7. The predicted molar refractivity (Wildman–Crippen MR) is 116 cm³/mol. The van der Waals surface area contributed by atoms with Gasteiger partial charge in [0.05, 0.1) is 12.8 Å². The van der Waals surface area contributed by atoms with Crippen LogP contribution in [0.5, 0.6) is 11.6 Å². The highest BCUT2D eigenvalue weighted by atomic mass is 19.1. The van der Waals surface area contributed by atoms with E-state index < -0.39 is 11.9 Å². The first-order valence-corrected chi connectivity index (χ1v) is 11.1. The largest absolute Gasteiger partial charge is 0.479 e. The molecule has 2 heterocycles. The number of halogens is 1. The number of Topliss-reactive ketones (excluding diaryl/α,β-unsaturated/α-hetero) is 1. The van der Waals surface area contributed by atoms with Crippen molar-refractivity contribution < 1.29 is 28.2 Å². The number of aromatic nitrogens is 1. The average Bonchev–Trinajstić information content (AvgIpc) is 3.48. The van der Waals surface area contributed by atoms with Gasteiger partial charge in [0.15, 0.2) is 11.9 Å². The normalized spacial score (nSPS) is 19.6. The van der Waals surface area contributed by atoms with E-state index >= 15 is 0 Å². The zero-order valence-electron chi connectivity index (χ0n) is 18.2. The Labute approximate surface area is 190 Å². The SMILES string of the molecule is CNC(=O)c1cc(O[C@@H]2CCN(c3cc(F)c4c(c3)C(=O)CC4)C2=O)cnc1OCC1CC1. The Morgan fingerprint density at radius 3 is 2.79 bits per heavy atom. The molecular formula is C24H24FN3O5. The molecule has 1 aromatic carbocycles. The summed E-state index contributed by atoms with van der Waals surface area (Å²) >= 11 is 0. The van der Waals surface area contributed by atoms with E-state index in [2.05, 4.69) is 10.3 Å². The maximum Gasteiger partial charge on any atom is 0.268 e. The Bertz CT molecular complexity index is 1150. The van der Waals surface area contributed by atoms with Crippen LogP contribution in [0.4, 0.5) is 10.1 Å². The highest BCUT2D eigenvalue weighted by Gasteiger charge is 2.36. The number of benzene rings is 1. The molecule has 3 aliphatic rings. The molecule has 33 heavy (non-hydrogen) atoms. The van der Waals surface area contributed by atoms with Crippen LogP contribution in [0.2, 0.25) is 0 Å². The molecule has 2 amide bonds. The van der Waals surface area contributed by atoms with Crippen molar-refractivity contribution in [2.24, 2.45) is 5.92 Å². The van der Waals surface area contributed by atoms with Gasteiger partial charge in [-0.2, -0.15) is 0 Å². The maximum atomic E-state index is 14.5. The minimum atomic E-state index is -0.811. The monoisotopic (exact) mass is 453 g/mol. The van der Waals surface area contributed by atoms with Crippen LogP contribution in [0, 0.1) is 11.7 Å². The second-order valence-corrected chi connectivity index (χ2v) is 8.62. The quantitative estimate of drug-likeness (QED) is 0.692. The molecule has 1 saturated heterocycles. The van der Waals surface area contributed by atoms with Gasteiger partial charge in [-0.05, 0) is 48.9 Å². The van der Waals surface area contributed by atoms with E-state index in [1.165, 1.54) is 30.3 Å². The van der Waals surface area contributed by atoms with Crippen LogP contribution >= 0.6 is 0 Å². The molecule has 5 rings (SSSR count). The highest BCUT2D eigenvalue weighted by molar-refractivity contribution is 6.04. The fourth-order valence-corrected chi connectivity index (χ4v) is 4.23. The van der Waals surface area contributed by atoms with Crippen molar-refractivity contribution in [1.29, 1.82) is 0 Å². The predicted octanol–water partition coefficient (Wildman–Crippen LogP) is 2.68. The second kappa shape index (κ2) is 8.46. The van der Waals surface area contributed by atoms with Gasteiger partial charge in [0.1, 0.15) is 17.1 Å². The summed E-state index contributed by atoms with van der Waals surface area (Å²) in [5.74, 6) is -0.281. The van der Waals surface area contributed by atoms with E-state index in [4.69, 9.17) is 9.47 Å². The van der Waals surface area contributed by atoms with Gasteiger partial charge in [-0.3, -0.25) is 14.4 Å². The van der Waals surface area contributed by atoms with Crippen LogP contribution in [-0.4, -0.2) is 48.9 Å². The van der Waals surface area contributed by atoms with Gasteiger partial charge in [0, 0.05) is 37.7 Å². The Hall–Kier alpha value is -3.49.